The maximum absolute atomic E-state index is 14.7. The van der Waals surface area contributed by atoms with E-state index in [9.17, 15) is 33.2 Å². The Morgan fingerprint density at radius 3 is 2.42 bits per heavy atom. The van der Waals surface area contributed by atoms with Crippen LogP contribution in [0.1, 0.15) is 79.4 Å². The smallest absolute Gasteiger partial charge is 0.264 e. The van der Waals surface area contributed by atoms with E-state index in [1.165, 1.54) is 12.4 Å². The lowest BCUT2D eigenvalue weighted by Crippen LogP contribution is -2.52. The van der Waals surface area contributed by atoms with Crippen molar-refractivity contribution in [1.82, 2.24) is 34.4 Å². The molecule has 0 spiro atoms. The van der Waals surface area contributed by atoms with Crippen molar-refractivity contribution < 1.29 is 28.0 Å². The molecule has 2 unspecified atom stereocenters. The maximum atomic E-state index is 14.7. The van der Waals surface area contributed by atoms with Crippen LogP contribution in [0.25, 0.3) is 5.57 Å². The van der Waals surface area contributed by atoms with Crippen LogP contribution in [0.2, 0.25) is 0 Å². The predicted octanol–water partition coefficient (Wildman–Crippen LogP) is 4.17. The Labute approximate surface area is 384 Å². The first-order valence-corrected chi connectivity index (χ1v) is 23.1. The summed E-state index contributed by atoms with van der Waals surface area (Å²) in [6.45, 7) is 8.04. The van der Waals surface area contributed by atoms with Crippen LogP contribution in [-0.2, 0) is 38.6 Å². The second-order valence-electron chi connectivity index (χ2n) is 18.0. The third-order valence-corrected chi connectivity index (χ3v) is 13.7. The van der Waals surface area contributed by atoms with Gasteiger partial charge < -0.3 is 46.1 Å². The molecule has 66 heavy (non-hydrogen) atoms. The average molecular weight is 912 g/mol. The first-order valence-electron chi connectivity index (χ1n) is 23.1. The molecule has 3 saturated heterocycles. The van der Waals surface area contributed by atoms with E-state index in [1.54, 1.807) is 26.1 Å². The van der Waals surface area contributed by atoms with Gasteiger partial charge in [-0.05, 0) is 73.6 Å². The molecule has 3 amide bonds. The van der Waals surface area contributed by atoms with Crippen LogP contribution in [0.3, 0.4) is 0 Å². The number of rotatable bonds is 14. The summed E-state index contributed by atoms with van der Waals surface area (Å²) in [5, 5.41) is 24.3. The molecule has 4 N–H and O–H groups in total. The number of aliphatic imine (C=N–C) groups is 1. The standard InChI is InChI=1S/C47H61F2N12O5/c1-31(63)58-16-12-42-41(28-58)47(59-13-4-5-32-21-39(33(24-50)25-51-2)40(46(48)49)23-43(32)59)54-61(42)38-10-14-57(15-11-38)45(65)29-56-19-17-55(18-20-56)26-37(30-62)53-35-7-3-6-34(22-35)52-36-8-9-44(64)60(66)27-36/h3,6-7,21-25,30,36-38,46,52-53H,4-5,8-20,26-29,50H2,1-2H3/q-1. The molecule has 6 heterocycles. The lowest BCUT2D eigenvalue weighted by atomic mass is 9.92. The van der Waals surface area contributed by atoms with Gasteiger partial charge in [0.15, 0.2) is 5.82 Å². The van der Waals surface area contributed by atoms with Gasteiger partial charge in [-0.2, -0.15) is 5.10 Å². The molecular weight excluding hydrogens is 851 g/mol. The minimum absolute atomic E-state index is 0.0279. The second kappa shape index (κ2) is 20.7. The van der Waals surface area contributed by atoms with E-state index in [1.807, 2.05) is 39.0 Å². The van der Waals surface area contributed by atoms with Gasteiger partial charge in [0.25, 0.3) is 6.43 Å². The number of nitrogens with two attached hydrogens (primary N) is 1. The van der Waals surface area contributed by atoms with E-state index in [0.717, 1.165) is 40.9 Å². The molecule has 0 aliphatic carbocycles. The van der Waals surface area contributed by atoms with E-state index in [4.69, 9.17) is 10.8 Å². The van der Waals surface area contributed by atoms with Crippen molar-refractivity contribution in [2.24, 2.45) is 10.7 Å². The van der Waals surface area contributed by atoms with Crippen LogP contribution >= 0.6 is 0 Å². The number of nitrogens with zero attached hydrogens (tertiary/aromatic N) is 9. The quantitative estimate of drug-likeness (QED) is 0.155. The molecule has 0 bridgehead atoms. The SMILES string of the molecule is CN=CC(=CN)c1cc2c(cc1C(F)F)N(c1nn(C3CCN(C(=O)CN4CCN(CC(C=O)Nc5cccc(NC6CCC(=O)N([O-])C6)c5)CC4)CC3)c3c1CN(C(C)=O)CC3)CCC2. The summed E-state index contributed by atoms with van der Waals surface area (Å²) in [6, 6.07) is 10.4. The van der Waals surface area contributed by atoms with Crippen molar-refractivity contribution in [3.63, 3.8) is 0 Å². The Kier molecular flexibility index (Phi) is 14.6. The number of piperazine rings is 1. The summed E-state index contributed by atoms with van der Waals surface area (Å²) < 4.78 is 31.5. The number of fused-ring (bicyclic) bond motifs is 2. The summed E-state index contributed by atoms with van der Waals surface area (Å²) in [5.41, 5.74) is 11.7. The van der Waals surface area contributed by atoms with Crippen LogP contribution in [0.5, 0.6) is 0 Å². The molecule has 19 heteroatoms. The fourth-order valence-electron chi connectivity index (χ4n) is 10.1. The third kappa shape index (κ3) is 10.4. The van der Waals surface area contributed by atoms with Crippen molar-refractivity contribution in [2.45, 2.75) is 83.0 Å². The number of amides is 3. The second-order valence-corrected chi connectivity index (χ2v) is 18.0. The number of carbonyl (C=O) groups excluding carboxylic acids is 4. The number of piperidine rings is 2. The zero-order chi connectivity index (χ0) is 46.5. The van der Waals surface area contributed by atoms with Gasteiger partial charge in [0.1, 0.15) is 6.29 Å². The Hall–Kier alpha value is -5.92. The van der Waals surface area contributed by atoms with Gasteiger partial charge in [-0.25, -0.2) is 8.78 Å². The molecule has 1 aromatic heterocycles. The van der Waals surface area contributed by atoms with E-state index in [0.29, 0.717) is 132 Å². The van der Waals surface area contributed by atoms with E-state index >= 15 is 0 Å². The zero-order valence-corrected chi connectivity index (χ0v) is 37.8. The first kappa shape index (κ1) is 46.6. The molecular formula is C47H61F2N12O5-. The number of carbonyl (C=O) groups is 4. The lowest BCUT2D eigenvalue weighted by Gasteiger charge is -2.38. The van der Waals surface area contributed by atoms with Crippen LogP contribution in [0.4, 0.5) is 31.7 Å². The molecule has 2 atom stereocenters. The number of aryl methyl sites for hydroxylation is 1. The first-order chi connectivity index (χ1) is 31.9. The Morgan fingerprint density at radius 2 is 1.73 bits per heavy atom. The summed E-state index contributed by atoms with van der Waals surface area (Å²) in [5.74, 6) is 0.363. The van der Waals surface area contributed by atoms with Gasteiger partial charge in [-0.15, -0.1) is 0 Å². The van der Waals surface area contributed by atoms with Crippen molar-refractivity contribution >= 4 is 58.7 Å². The molecule has 5 aliphatic heterocycles. The fourth-order valence-corrected chi connectivity index (χ4v) is 10.1. The van der Waals surface area contributed by atoms with Gasteiger partial charge in [0.2, 0.25) is 17.7 Å². The molecule has 3 aromatic rings. The van der Waals surface area contributed by atoms with E-state index in [-0.39, 0.29) is 48.3 Å². The van der Waals surface area contributed by atoms with Gasteiger partial charge in [-0.1, -0.05) is 6.07 Å². The maximum Gasteiger partial charge on any atom is 0.264 e. The van der Waals surface area contributed by atoms with Crippen LogP contribution in [0, 0.1) is 5.21 Å². The summed E-state index contributed by atoms with van der Waals surface area (Å²) >= 11 is 0. The number of alkyl halides is 2. The highest BCUT2D eigenvalue weighted by Gasteiger charge is 2.36. The normalized spacial score (nSPS) is 20.7. The van der Waals surface area contributed by atoms with Crippen LogP contribution < -0.4 is 21.3 Å². The van der Waals surface area contributed by atoms with Crippen LogP contribution in [-0.4, -0.2) is 156 Å². The largest absolute Gasteiger partial charge is 0.756 e. The Morgan fingerprint density at radius 1 is 0.970 bits per heavy atom. The molecule has 5 aliphatic rings. The summed E-state index contributed by atoms with van der Waals surface area (Å²) in [7, 11) is 1.58. The molecule has 354 valence electrons. The molecule has 2 aromatic carbocycles. The number of halogens is 2. The monoisotopic (exact) mass is 911 g/mol. The number of hydrogen-bond donors (Lipinski definition) is 3. The topological polar surface area (TPSA) is 191 Å². The number of aldehydes is 1. The molecule has 8 rings (SSSR count). The zero-order valence-electron chi connectivity index (χ0n) is 37.8. The summed E-state index contributed by atoms with van der Waals surface area (Å²) in [6.07, 6.45) is 5.32. The number of anilines is 4. The summed E-state index contributed by atoms with van der Waals surface area (Å²) in [4.78, 5) is 64.4. The number of hydrogen-bond acceptors (Lipinski definition) is 13. The van der Waals surface area contributed by atoms with Gasteiger partial charge in [0, 0.05) is 150 Å². The molecule has 3 fully saturated rings. The van der Waals surface area contributed by atoms with Gasteiger partial charge in [-0.3, -0.25) is 33.9 Å². The third-order valence-electron chi connectivity index (χ3n) is 13.7. The number of hydroxylamine groups is 2. The van der Waals surface area contributed by atoms with Gasteiger partial charge >= 0.3 is 0 Å². The Bertz CT molecular complexity index is 2320. The highest BCUT2D eigenvalue weighted by molar-refractivity contribution is 6.10. The Balaban J connectivity index is 0.870. The lowest BCUT2D eigenvalue weighted by molar-refractivity contribution is -0.134. The van der Waals surface area contributed by atoms with Crippen molar-refractivity contribution in [3.05, 3.63) is 75.8 Å². The minimum atomic E-state index is -2.74. The number of benzene rings is 2. The van der Waals surface area contributed by atoms with Gasteiger partial charge in [0.05, 0.1) is 25.2 Å². The van der Waals surface area contributed by atoms with Crippen molar-refractivity contribution in [1.29, 1.82) is 0 Å². The van der Waals surface area contributed by atoms with E-state index in [2.05, 4.69) is 30.1 Å². The number of aromatic nitrogens is 2. The van der Waals surface area contributed by atoms with Crippen LogP contribution in [0.15, 0.2) is 47.6 Å². The number of nitrogens with one attached hydrogen (secondary N) is 2. The fraction of sp³-hybridized carbons (Fsp3) is 0.532. The average Bonchev–Trinajstić information content (AvgIpc) is 3.70. The molecule has 0 radical (unpaired) electrons. The van der Waals surface area contributed by atoms with Crippen molar-refractivity contribution in [2.75, 3.05) is 94.6 Å². The number of allylic oxidation sites excluding steroid dienone is 1. The van der Waals surface area contributed by atoms with E-state index < -0.39 is 12.5 Å². The molecule has 17 nitrogen and oxygen atoms in total. The highest BCUT2D eigenvalue weighted by atomic mass is 19.3. The molecule has 0 saturated carbocycles. The predicted molar refractivity (Wildman–Crippen MR) is 250 cm³/mol. The number of likely N-dealkylation sites (tertiary alicyclic amines) is 1. The minimum Gasteiger partial charge on any atom is -0.756 e. The highest BCUT2D eigenvalue weighted by Crippen LogP contribution is 2.43. The van der Waals surface area contributed by atoms with Crippen molar-refractivity contribution in [3.8, 4) is 0 Å².